The third-order valence-corrected chi connectivity index (χ3v) is 4.10. The van der Waals surface area contributed by atoms with Crippen LogP contribution in [0.1, 0.15) is 42.3 Å². The number of hydrogen-bond acceptors (Lipinski definition) is 1. The molecule has 114 valence electrons. The van der Waals surface area contributed by atoms with E-state index in [-0.39, 0.29) is 11.2 Å². The first-order valence-corrected chi connectivity index (χ1v) is 7.81. The van der Waals surface area contributed by atoms with E-state index in [2.05, 4.69) is 20.8 Å². The lowest BCUT2D eigenvalue weighted by atomic mass is 9.86. The fraction of sp³-hybridized carbons (Fsp3) is 0.211. The Morgan fingerprint density at radius 2 is 1.50 bits per heavy atom. The van der Waals surface area contributed by atoms with Gasteiger partial charge in [0.25, 0.3) is 0 Å². The minimum Gasteiger partial charge on any atom is -0.289 e. The first-order chi connectivity index (χ1) is 10.3. The van der Waals surface area contributed by atoms with Gasteiger partial charge >= 0.3 is 0 Å². The molecular formula is C19H18Cl2O. The zero-order valence-corrected chi connectivity index (χ0v) is 14.4. The molecule has 2 aromatic rings. The molecule has 1 nitrogen and oxygen atoms in total. The summed E-state index contributed by atoms with van der Waals surface area (Å²) in [5, 5.41) is 1.05. The number of carbonyl (C=O) groups is 1. The summed E-state index contributed by atoms with van der Waals surface area (Å²) in [6, 6.07) is 12.9. The quantitative estimate of drug-likeness (QED) is 0.484. The number of halogens is 2. The van der Waals surface area contributed by atoms with Crippen molar-refractivity contribution in [1.29, 1.82) is 0 Å². The number of allylic oxidation sites excluding steroid dienone is 1. The molecule has 0 spiro atoms. The monoisotopic (exact) mass is 332 g/mol. The third kappa shape index (κ3) is 4.00. The predicted octanol–water partition coefficient (Wildman–Crippen LogP) is 6.19. The SMILES string of the molecule is CC(C)(C)c1ccc(C(=O)C=Cc2c(Cl)cccc2Cl)cc1. The van der Waals surface area contributed by atoms with E-state index < -0.39 is 0 Å². The largest absolute Gasteiger partial charge is 0.289 e. The van der Waals surface area contributed by atoms with Gasteiger partial charge in [-0.15, -0.1) is 0 Å². The minimum atomic E-state index is -0.0727. The van der Waals surface area contributed by atoms with Crippen molar-refractivity contribution in [2.75, 3.05) is 0 Å². The van der Waals surface area contributed by atoms with Crippen molar-refractivity contribution in [2.24, 2.45) is 0 Å². The van der Waals surface area contributed by atoms with Gasteiger partial charge in [-0.1, -0.05) is 74.3 Å². The second-order valence-electron chi connectivity index (χ2n) is 6.16. The van der Waals surface area contributed by atoms with Crippen molar-refractivity contribution >= 4 is 35.1 Å². The maximum Gasteiger partial charge on any atom is 0.185 e. The molecular weight excluding hydrogens is 315 g/mol. The van der Waals surface area contributed by atoms with Gasteiger partial charge in [-0.05, 0) is 35.3 Å². The summed E-state index contributed by atoms with van der Waals surface area (Å²) in [7, 11) is 0. The van der Waals surface area contributed by atoms with E-state index in [1.165, 1.54) is 11.6 Å². The van der Waals surface area contributed by atoms with Crippen molar-refractivity contribution in [1.82, 2.24) is 0 Å². The fourth-order valence-electron chi connectivity index (χ4n) is 2.06. The van der Waals surface area contributed by atoms with Crippen molar-refractivity contribution in [2.45, 2.75) is 26.2 Å². The van der Waals surface area contributed by atoms with Gasteiger partial charge in [0.1, 0.15) is 0 Å². The number of rotatable bonds is 3. The van der Waals surface area contributed by atoms with Crippen molar-refractivity contribution in [3.63, 3.8) is 0 Å². The number of ketones is 1. The molecule has 22 heavy (non-hydrogen) atoms. The van der Waals surface area contributed by atoms with E-state index in [0.717, 1.165) is 0 Å². The first kappa shape index (κ1) is 16.8. The molecule has 0 bridgehead atoms. The van der Waals surface area contributed by atoms with Crippen LogP contribution < -0.4 is 0 Å². The highest BCUT2D eigenvalue weighted by Gasteiger charge is 2.13. The zero-order valence-electron chi connectivity index (χ0n) is 12.9. The van der Waals surface area contributed by atoms with Crippen LogP contribution in [0.3, 0.4) is 0 Å². The standard InChI is InChI=1S/C19H18Cl2O/c1-19(2,3)14-9-7-13(8-10-14)18(22)12-11-15-16(20)5-4-6-17(15)21/h4-12H,1-3H3. The number of benzene rings is 2. The van der Waals surface area contributed by atoms with Crippen LogP contribution in [0.5, 0.6) is 0 Å². The third-order valence-electron chi connectivity index (χ3n) is 3.44. The average Bonchev–Trinajstić information content (AvgIpc) is 2.46. The maximum atomic E-state index is 12.2. The van der Waals surface area contributed by atoms with Crippen molar-refractivity contribution in [3.8, 4) is 0 Å². The maximum absolute atomic E-state index is 12.2. The van der Waals surface area contributed by atoms with Crippen LogP contribution in [0.25, 0.3) is 6.08 Å². The molecule has 0 aromatic heterocycles. The van der Waals surface area contributed by atoms with Gasteiger partial charge in [0.2, 0.25) is 0 Å². The molecule has 0 amide bonds. The van der Waals surface area contributed by atoms with Crippen LogP contribution in [-0.2, 0) is 5.41 Å². The molecule has 3 heteroatoms. The van der Waals surface area contributed by atoms with Crippen LogP contribution in [0.15, 0.2) is 48.5 Å². The van der Waals surface area contributed by atoms with E-state index >= 15 is 0 Å². The van der Waals surface area contributed by atoms with Gasteiger partial charge in [-0.25, -0.2) is 0 Å². The highest BCUT2D eigenvalue weighted by Crippen LogP contribution is 2.26. The Bertz CT molecular complexity index is 687. The summed E-state index contributed by atoms with van der Waals surface area (Å²) >= 11 is 12.2. The smallest absolute Gasteiger partial charge is 0.185 e. The Labute approximate surface area is 141 Å². The van der Waals surface area contributed by atoms with Crippen LogP contribution in [0, 0.1) is 0 Å². The molecule has 0 radical (unpaired) electrons. The van der Waals surface area contributed by atoms with E-state index in [0.29, 0.717) is 21.2 Å². The second-order valence-corrected chi connectivity index (χ2v) is 6.97. The predicted molar refractivity (Wildman–Crippen MR) is 95.0 cm³/mol. The molecule has 0 aliphatic carbocycles. The molecule has 0 unspecified atom stereocenters. The van der Waals surface area contributed by atoms with Gasteiger partial charge in [-0.2, -0.15) is 0 Å². The zero-order chi connectivity index (χ0) is 16.3. The fourth-order valence-corrected chi connectivity index (χ4v) is 2.58. The summed E-state index contributed by atoms with van der Waals surface area (Å²) in [5.74, 6) is -0.0727. The van der Waals surface area contributed by atoms with E-state index in [1.807, 2.05) is 24.3 Å². The lowest BCUT2D eigenvalue weighted by Gasteiger charge is -2.18. The number of carbonyl (C=O) groups excluding carboxylic acids is 1. The summed E-state index contributed by atoms with van der Waals surface area (Å²) in [6.07, 6.45) is 3.16. The van der Waals surface area contributed by atoms with Crippen molar-refractivity contribution in [3.05, 3.63) is 75.3 Å². The molecule has 0 N–H and O–H groups in total. The highest BCUT2D eigenvalue weighted by atomic mass is 35.5. The molecule has 0 aliphatic heterocycles. The Hall–Kier alpha value is -1.57. The van der Waals surface area contributed by atoms with Gasteiger partial charge in [0.15, 0.2) is 5.78 Å². The summed E-state index contributed by atoms with van der Waals surface area (Å²) < 4.78 is 0. The van der Waals surface area contributed by atoms with Crippen LogP contribution in [0.2, 0.25) is 10.0 Å². The molecule has 0 aliphatic rings. The van der Waals surface area contributed by atoms with Gasteiger partial charge in [0, 0.05) is 21.2 Å². The minimum absolute atomic E-state index is 0.0719. The second kappa shape index (κ2) is 6.68. The first-order valence-electron chi connectivity index (χ1n) is 7.06. The van der Waals surface area contributed by atoms with Crippen LogP contribution in [0.4, 0.5) is 0 Å². The lowest BCUT2D eigenvalue weighted by molar-refractivity contribution is 0.104. The normalized spacial score (nSPS) is 11.9. The lowest BCUT2D eigenvalue weighted by Crippen LogP contribution is -2.11. The van der Waals surface area contributed by atoms with E-state index in [9.17, 15) is 4.79 Å². The Morgan fingerprint density at radius 3 is 2.00 bits per heavy atom. The number of hydrogen-bond donors (Lipinski definition) is 0. The summed E-state index contributed by atoms with van der Waals surface area (Å²) in [6.45, 7) is 6.43. The van der Waals surface area contributed by atoms with E-state index in [4.69, 9.17) is 23.2 Å². The highest BCUT2D eigenvalue weighted by molar-refractivity contribution is 6.37. The Morgan fingerprint density at radius 1 is 0.955 bits per heavy atom. The van der Waals surface area contributed by atoms with Crippen LogP contribution in [-0.4, -0.2) is 5.78 Å². The summed E-state index contributed by atoms with van der Waals surface area (Å²) in [5.41, 5.74) is 2.57. The van der Waals surface area contributed by atoms with Crippen molar-refractivity contribution < 1.29 is 4.79 Å². The molecule has 2 rings (SSSR count). The molecule has 0 saturated carbocycles. The van der Waals surface area contributed by atoms with Crippen LogP contribution >= 0.6 is 23.2 Å². The van der Waals surface area contributed by atoms with Gasteiger partial charge in [-0.3, -0.25) is 4.79 Å². The molecule has 0 saturated heterocycles. The Balaban J connectivity index is 2.21. The topological polar surface area (TPSA) is 17.1 Å². The van der Waals surface area contributed by atoms with Gasteiger partial charge in [0.05, 0.1) is 0 Å². The molecule has 0 atom stereocenters. The molecule has 0 fully saturated rings. The van der Waals surface area contributed by atoms with E-state index in [1.54, 1.807) is 24.3 Å². The van der Waals surface area contributed by atoms with Gasteiger partial charge < -0.3 is 0 Å². The average molecular weight is 333 g/mol. The Kier molecular flexibility index (Phi) is 5.10. The molecule has 0 heterocycles. The summed E-state index contributed by atoms with van der Waals surface area (Å²) in [4.78, 5) is 12.2. The molecule has 2 aromatic carbocycles.